The van der Waals surface area contributed by atoms with Crippen molar-refractivity contribution in [2.45, 2.75) is 44.9 Å². The standard InChI is InChI=1S/C26H24N2O5/c29-21-11-12-22(30)26(21)13-4-3-6-16(26)14-23(31)27-17-7-5-8-18(15-17)28-24(32)19-9-1-2-10-20(19)25(28)33/h1-2,5,7-10,15-16H,3-4,6,11-14H2,(H,27,31). The number of ketones is 2. The van der Waals surface area contributed by atoms with Gasteiger partial charge in [-0.25, -0.2) is 4.90 Å². The predicted octanol–water partition coefficient (Wildman–Crippen LogP) is 3.92. The molecule has 1 spiro atoms. The Bertz CT molecular complexity index is 1150. The van der Waals surface area contributed by atoms with Crippen LogP contribution in [0, 0.1) is 11.3 Å². The lowest BCUT2D eigenvalue weighted by Gasteiger charge is -2.38. The van der Waals surface area contributed by atoms with Crippen molar-refractivity contribution < 1.29 is 24.0 Å². The van der Waals surface area contributed by atoms with Gasteiger partial charge in [0.25, 0.3) is 11.8 Å². The minimum atomic E-state index is -0.988. The molecule has 1 N–H and O–H groups in total. The zero-order valence-electron chi connectivity index (χ0n) is 18.1. The zero-order chi connectivity index (χ0) is 23.2. The number of amides is 3. The fourth-order valence-electron chi connectivity index (χ4n) is 5.67. The number of carbonyl (C=O) groups excluding carboxylic acids is 5. The summed E-state index contributed by atoms with van der Waals surface area (Å²) in [5.41, 5.74) is 0.533. The van der Waals surface area contributed by atoms with Crippen molar-refractivity contribution in [2.24, 2.45) is 11.3 Å². The Balaban J connectivity index is 1.33. The summed E-state index contributed by atoms with van der Waals surface area (Å²) in [6.45, 7) is 0. The molecule has 2 saturated carbocycles. The molecule has 2 aromatic carbocycles. The third kappa shape index (κ3) is 3.39. The van der Waals surface area contributed by atoms with Gasteiger partial charge >= 0.3 is 0 Å². The van der Waals surface area contributed by atoms with E-state index in [2.05, 4.69) is 5.32 Å². The summed E-state index contributed by atoms with van der Waals surface area (Å²) in [5.74, 6) is -1.40. The van der Waals surface area contributed by atoms with Gasteiger partial charge in [-0.2, -0.15) is 0 Å². The minimum Gasteiger partial charge on any atom is -0.326 e. The van der Waals surface area contributed by atoms with Gasteiger partial charge in [0, 0.05) is 24.9 Å². The average Bonchev–Trinajstić information content (AvgIpc) is 3.24. The number of Topliss-reactive ketones (excluding diaryl/α,β-unsaturated/α-hetero) is 2. The highest BCUT2D eigenvalue weighted by atomic mass is 16.2. The lowest BCUT2D eigenvalue weighted by Crippen LogP contribution is -2.44. The van der Waals surface area contributed by atoms with E-state index in [1.807, 2.05) is 0 Å². The van der Waals surface area contributed by atoms with Crippen LogP contribution in [-0.4, -0.2) is 29.3 Å². The number of nitrogens with zero attached hydrogens (tertiary/aromatic N) is 1. The molecule has 3 aliphatic rings. The summed E-state index contributed by atoms with van der Waals surface area (Å²) in [6, 6.07) is 13.2. The number of hydrogen-bond donors (Lipinski definition) is 1. The third-order valence-electron chi connectivity index (χ3n) is 7.26. The summed E-state index contributed by atoms with van der Waals surface area (Å²) in [5, 5.41) is 2.83. The van der Waals surface area contributed by atoms with Crippen LogP contribution in [0.1, 0.15) is 65.7 Å². The second kappa shape index (κ2) is 8.06. The summed E-state index contributed by atoms with van der Waals surface area (Å²) < 4.78 is 0. The quantitative estimate of drug-likeness (QED) is 0.569. The van der Waals surface area contributed by atoms with Gasteiger partial charge in [-0.3, -0.25) is 24.0 Å². The maximum atomic E-state index is 12.9. The fraction of sp³-hybridized carbons (Fsp3) is 0.346. The van der Waals surface area contributed by atoms with Crippen molar-refractivity contribution in [2.75, 3.05) is 10.2 Å². The first-order valence-corrected chi connectivity index (χ1v) is 11.4. The van der Waals surface area contributed by atoms with Gasteiger partial charge in [0.05, 0.1) is 22.2 Å². The van der Waals surface area contributed by atoms with Crippen LogP contribution >= 0.6 is 0 Å². The van der Waals surface area contributed by atoms with E-state index in [4.69, 9.17) is 0 Å². The highest BCUT2D eigenvalue weighted by Gasteiger charge is 2.55. The van der Waals surface area contributed by atoms with Crippen LogP contribution in [0.25, 0.3) is 0 Å². The molecule has 0 radical (unpaired) electrons. The van der Waals surface area contributed by atoms with Crippen LogP contribution in [0.4, 0.5) is 11.4 Å². The van der Waals surface area contributed by atoms with Gasteiger partial charge in [0.15, 0.2) is 0 Å². The molecular weight excluding hydrogens is 420 g/mol. The second-order valence-electron chi connectivity index (χ2n) is 9.05. The lowest BCUT2D eigenvalue weighted by molar-refractivity contribution is -0.142. The molecule has 1 heterocycles. The summed E-state index contributed by atoms with van der Waals surface area (Å²) in [6.07, 6.45) is 3.60. The van der Waals surface area contributed by atoms with Gasteiger partial charge in [-0.1, -0.05) is 31.0 Å². The van der Waals surface area contributed by atoms with Gasteiger partial charge in [0.2, 0.25) is 5.91 Å². The average molecular weight is 444 g/mol. The molecule has 7 heteroatoms. The summed E-state index contributed by atoms with van der Waals surface area (Å²) in [7, 11) is 0. The summed E-state index contributed by atoms with van der Waals surface area (Å²) >= 11 is 0. The van der Waals surface area contributed by atoms with Crippen molar-refractivity contribution in [1.29, 1.82) is 0 Å². The Morgan fingerprint density at radius 2 is 1.58 bits per heavy atom. The number of imide groups is 1. The van der Waals surface area contributed by atoms with E-state index in [-0.39, 0.29) is 42.7 Å². The van der Waals surface area contributed by atoms with E-state index < -0.39 is 17.2 Å². The van der Waals surface area contributed by atoms with Crippen LogP contribution in [0.3, 0.4) is 0 Å². The molecule has 1 atom stereocenters. The number of anilines is 2. The molecule has 1 aliphatic heterocycles. The van der Waals surface area contributed by atoms with Crippen molar-refractivity contribution in [3.05, 3.63) is 59.7 Å². The molecule has 0 saturated heterocycles. The monoisotopic (exact) mass is 444 g/mol. The van der Waals surface area contributed by atoms with Crippen molar-refractivity contribution in [3.8, 4) is 0 Å². The van der Waals surface area contributed by atoms with Crippen molar-refractivity contribution >= 4 is 40.7 Å². The van der Waals surface area contributed by atoms with Crippen LogP contribution in [0.5, 0.6) is 0 Å². The maximum absolute atomic E-state index is 12.9. The Hall–Kier alpha value is -3.61. The van der Waals surface area contributed by atoms with Gasteiger partial charge in [-0.15, -0.1) is 0 Å². The largest absolute Gasteiger partial charge is 0.326 e. The van der Waals surface area contributed by atoms with Gasteiger partial charge in [0.1, 0.15) is 11.6 Å². The maximum Gasteiger partial charge on any atom is 0.266 e. The van der Waals surface area contributed by atoms with Crippen LogP contribution in [-0.2, 0) is 14.4 Å². The zero-order valence-corrected chi connectivity index (χ0v) is 18.1. The molecule has 5 rings (SSSR count). The Morgan fingerprint density at radius 3 is 2.24 bits per heavy atom. The van der Waals surface area contributed by atoms with E-state index in [1.165, 1.54) is 0 Å². The van der Waals surface area contributed by atoms with Crippen molar-refractivity contribution in [3.63, 3.8) is 0 Å². The number of benzene rings is 2. The molecule has 7 nitrogen and oxygen atoms in total. The molecular formula is C26H24N2O5. The number of hydrogen-bond acceptors (Lipinski definition) is 5. The van der Waals surface area contributed by atoms with Crippen LogP contribution in [0.2, 0.25) is 0 Å². The van der Waals surface area contributed by atoms with E-state index >= 15 is 0 Å². The van der Waals surface area contributed by atoms with E-state index in [9.17, 15) is 24.0 Å². The number of nitrogens with one attached hydrogen (secondary N) is 1. The fourth-order valence-corrected chi connectivity index (χ4v) is 5.67. The third-order valence-corrected chi connectivity index (χ3v) is 7.26. The number of rotatable bonds is 4. The predicted molar refractivity (Wildman–Crippen MR) is 121 cm³/mol. The molecule has 2 aromatic rings. The molecule has 1 unspecified atom stereocenters. The first-order chi connectivity index (χ1) is 15.9. The normalized spacial score (nSPS) is 21.6. The van der Waals surface area contributed by atoms with E-state index in [1.54, 1.807) is 48.5 Å². The van der Waals surface area contributed by atoms with E-state index in [0.717, 1.165) is 17.7 Å². The molecule has 0 aromatic heterocycles. The van der Waals surface area contributed by atoms with Gasteiger partial charge in [-0.05, 0) is 49.1 Å². The smallest absolute Gasteiger partial charge is 0.266 e. The Labute approximate surface area is 191 Å². The highest BCUT2D eigenvalue weighted by molar-refractivity contribution is 6.34. The van der Waals surface area contributed by atoms with E-state index in [0.29, 0.717) is 35.3 Å². The lowest BCUT2D eigenvalue weighted by atomic mass is 9.63. The molecule has 2 aliphatic carbocycles. The molecule has 3 amide bonds. The number of fused-ring (bicyclic) bond motifs is 1. The van der Waals surface area contributed by atoms with Crippen LogP contribution in [0.15, 0.2) is 48.5 Å². The molecule has 168 valence electrons. The minimum absolute atomic E-state index is 0.0161. The van der Waals surface area contributed by atoms with Crippen LogP contribution < -0.4 is 10.2 Å². The summed E-state index contributed by atoms with van der Waals surface area (Å²) in [4.78, 5) is 64.8. The Morgan fingerprint density at radius 1 is 0.909 bits per heavy atom. The molecule has 2 fully saturated rings. The first-order valence-electron chi connectivity index (χ1n) is 11.4. The molecule has 33 heavy (non-hydrogen) atoms. The highest BCUT2D eigenvalue weighted by Crippen LogP contribution is 2.49. The topological polar surface area (TPSA) is 101 Å². The molecule has 0 bridgehead atoms. The van der Waals surface area contributed by atoms with Gasteiger partial charge < -0.3 is 5.32 Å². The SMILES string of the molecule is O=C(CC1CCCCC12C(=O)CCC2=O)Nc1cccc(N2C(=O)c3ccccc3C2=O)c1. The Kier molecular flexibility index (Phi) is 5.19. The number of carbonyl (C=O) groups is 5. The first kappa shape index (κ1) is 21.2. The van der Waals surface area contributed by atoms with Crippen molar-refractivity contribution in [1.82, 2.24) is 0 Å². The second-order valence-corrected chi connectivity index (χ2v) is 9.05.